The van der Waals surface area contributed by atoms with E-state index in [0.29, 0.717) is 38.2 Å². The normalized spacial score (nSPS) is 18.9. The van der Waals surface area contributed by atoms with Gasteiger partial charge in [-0.25, -0.2) is 18.6 Å². The maximum Gasteiger partial charge on any atom is 0.419 e. The minimum Gasteiger partial charge on any atom is -0.473 e. The van der Waals surface area contributed by atoms with Gasteiger partial charge < -0.3 is 19.1 Å². The lowest BCUT2D eigenvalue weighted by Gasteiger charge is -2.39. The van der Waals surface area contributed by atoms with Crippen molar-refractivity contribution in [3.05, 3.63) is 68.9 Å². The van der Waals surface area contributed by atoms with E-state index >= 15 is 0 Å². The van der Waals surface area contributed by atoms with Crippen LogP contribution in [0, 0.1) is 11.6 Å². The molecule has 14 heteroatoms. The molecule has 0 amide bonds. The van der Waals surface area contributed by atoms with E-state index in [-0.39, 0.29) is 18.1 Å². The second kappa shape index (κ2) is 9.14. The number of hydrogen-bond acceptors (Lipinski definition) is 7. The molecule has 8 nitrogen and oxygen atoms in total. The molecule has 1 atom stereocenters. The van der Waals surface area contributed by atoms with Crippen molar-refractivity contribution in [2.45, 2.75) is 31.8 Å². The smallest absolute Gasteiger partial charge is 0.419 e. The van der Waals surface area contributed by atoms with Crippen LogP contribution >= 0.6 is 11.6 Å². The second-order valence-corrected chi connectivity index (χ2v) is 9.17. The molecule has 0 spiro atoms. The van der Waals surface area contributed by atoms with Crippen molar-refractivity contribution in [2.24, 2.45) is 0 Å². The Kier molecular flexibility index (Phi) is 6.23. The highest BCUT2D eigenvalue weighted by Crippen LogP contribution is 2.38. The number of halogens is 6. The fourth-order valence-corrected chi connectivity index (χ4v) is 4.54. The highest BCUT2D eigenvalue weighted by atomic mass is 35.5. The first-order valence-electron chi connectivity index (χ1n) is 10.9. The van der Waals surface area contributed by atoms with E-state index in [0.717, 1.165) is 18.3 Å². The molecule has 0 saturated carbocycles. The lowest BCUT2D eigenvalue weighted by atomic mass is 10.0. The largest absolute Gasteiger partial charge is 0.473 e. The van der Waals surface area contributed by atoms with E-state index < -0.39 is 51.3 Å². The quantitative estimate of drug-likeness (QED) is 0.344. The number of aromatic nitrogens is 3. The third kappa shape index (κ3) is 4.80. The zero-order valence-electron chi connectivity index (χ0n) is 19.1. The topological polar surface area (TPSA) is 78.7 Å². The minimum absolute atomic E-state index is 0.0277. The van der Waals surface area contributed by atoms with Gasteiger partial charge in [0.05, 0.1) is 37.1 Å². The predicted molar refractivity (Wildman–Crippen MR) is 120 cm³/mol. The maximum absolute atomic E-state index is 14.6. The molecular formula is C23H18ClF5N4O4. The molecule has 1 unspecified atom stereocenters. The van der Waals surface area contributed by atoms with E-state index in [9.17, 15) is 26.7 Å². The van der Waals surface area contributed by atoms with Crippen molar-refractivity contribution in [1.29, 1.82) is 0 Å². The molecule has 2 aliphatic heterocycles. The monoisotopic (exact) mass is 544 g/mol. The van der Waals surface area contributed by atoms with Gasteiger partial charge in [-0.3, -0.25) is 4.57 Å². The SMILES string of the molecule is CC12COCCN1c1cc(OCc3cc(F)c(Oc4cnc(Cl)c(C(F)(F)F)c4)c(F)c3)nc(=O)n1C2. The van der Waals surface area contributed by atoms with Crippen molar-refractivity contribution in [2.75, 3.05) is 24.7 Å². The summed E-state index contributed by atoms with van der Waals surface area (Å²) in [5, 5.41) is -0.827. The van der Waals surface area contributed by atoms with Crippen LogP contribution in [0.25, 0.3) is 0 Å². The van der Waals surface area contributed by atoms with Crippen LogP contribution in [0.2, 0.25) is 5.15 Å². The molecule has 5 rings (SSSR count). The zero-order chi connectivity index (χ0) is 26.5. The molecule has 1 saturated heterocycles. The van der Waals surface area contributed by atoms with E-state index in [4.69, 9.17) is 25.8 Å². The molecule has 196 valence electrons. The summed E-state index contributed by atoms with van der Waals surface area (Å²) < 4.78 is 85.9. The number of hydrogen-bond donors (Lipinski definition) is 0. The zero-order valence-corrected chi connectivity index (χ0v) is 19.9. The van der Waals surface area contributed by atoms with Crippen molar-refractivity contribution < 1.29 is 36.2 Å². The van der Waals surface area contributed by atoms with Crippen molar-refractivity contribution in [3.63, 3.8) is 0 Å². The number of benzene rings is 1. The molecule has 0 aliphatic carbocycles. The maximum atomic E-state index is 14.6. The number of alkyl halides is 3. The molecule has 0 radical (unpaired) electrons. The first kappa shape index (κ1) is 25.2. The standard InChI is InChI=1S/C23H18ClF5N4O4/c1-22-10-32-18(33(22)2-3-35-11-22)7-17(31-21(32)34)36-9-12-4-15(25)19(16(26)5-12)37-13-6-14(23(27,28)29)20(24)30-8-13/h4-8H,2-3,9-11H2,1H3. The van der Waals surface area contributed by atoms with Crippen LogP contribution in [-0.4, -0.2) is 39.8 Å². The Morgan fingerprint density at radius 2 is 1.92 bits per heavy atom. The van der Waals surface area contributed by atoms with Crippen LogP contribution in [0.3, 0.4) is 0 Å². The van der Waals surface area contributed by atoms with Crippen LogP contribution in [-0.2, 0) is 24.1 Å². The van der Waals surface area contributed by atoms with Crippen LogP contribution in [0.15, 0.2) is 35.3 Å². The van der Waals surface area contributed by atoms with Crippen molar-refractivity contribution >= 4 is 17.4 Å². The number of anilines is 1. The summed E-state index contributed by atoms with van der Waals surface area (Å²) in [6.07, 6.45) is -4.03. The van der Waals surface area contributed by atoms with Gasteiger partial charge in [0, 0.05) is 12.6 Å². The number of ether oxygens (including phenoxy) is 3. The van der Waals surface area contributed by atoms with E-state index in [1.54, 1.807) is 6.07 Å². The second-order valence-electron chi connectivity index (χ2n) is 8.81. The molecule has 1 aromatic carbocycles. The Balaban J connectivity index is 1.33. The number of rotatable bonds is 5. The summed E-state index contributed by atoms with van der Waals surface area (Å²) >= 11 is 5.45. The molecule has 3 aromatic rings. The minimum atomic E-state index is -4.84. The fourth-order valence-electron chi connectivity index (χ4n) is 4.33. The summed E-state index contributed by atoms with van der Waals surface area (Å²) in [4.78, 5) is 21.8. The Labute approximate surface area is 211 Å². The average Bonchev–Trinajstić information content (AvgIpc) is 3.13. The molecular weight excluding hydrogens is 527 g/mol. The van der Waals surface area contributed by atoms with Crippen molar-refractivity contribution in [3.8, 4) is 17.4 Å². The number of morpholine rings is 1. The van der Waals surface area contributed by atoms with Crippen LogP contribution in [0.5, 0.6) is 17.4 Å². The lowest BCUT2D eigenvalue weighted by molar-refractivity contribution is -0.137. The van der Waals surface area contributed by atoms with Crippen LogP contribution in [0.4, 0.5) is 27.8 Å². The number of nitrogens with zero attached hydrogens (tertiary/aromatic N) is 4. The molecule has 2 aliphatic rings. The highest BCUT2D eigenvalue weighted by Gasteiger charge is 2.43. The molecule has 0 bridgehead atoms. The summed E-state index contributed by atoms with van der Waals surface area (Å²) in [6.45, 7) is 3.55. The molecule has 4 heterocycles. The van der Waals surface area contributed by atoms with Gasteiger partial charge in [0.25, 0.3) is 0 Å². The molecule has 2 aromatic heterocycles. The van der Waals surface area contributed by atoms with Gasteiger partial charge in [0.15, 0.2) is 17.4 Å². The third-order valence-electron chi connectivity index (χ3n) is 6.05. The Hall–Kier alpha value is -3.45. The fraction of sp³-hybridized carbons (Fsp3) is 0.348. The van der Waals surface area contributed by atoms with Gasteiger partial charge >= 0.3 is 11.9 Å². The molecule has 37 heavy (non-hydrogen) atoms. The Morgan fingerprint density at radius 3 is 2.62 bits per heavy atom. The van der Waals surface area contributed by atoms with Crippen LogP contribution in [0.1, 0.15) is 18.1 Å². The highest BCUT2D eigenvalue weighted by molar-refractivity contribution is 6.30. The van der Waals surface area contributed by atoms with Gasteiger partial charge in [-0.05, 0) is 30.7 Å². The van der Waals surface area contributed by atoms with Gasteiger partial charge in [-0.1, -0.05) is 11.6 Å². The summed E-state index contributed by atoms with van der Waals surface area (Å²) in [6, 6.07) is 3.86. The molecule has 1 fully saturated rings. The predicted octanol–water partition coefficient (Wildman–Crippen LogP) is 4.57. The summed E-state index contributed by atoms with van der Waals surface area (Å²) in [5.41, 5.74) is -2.20. The Bertz CT molecular complexity index is 1410. The molecule has 0 N–H and O–H groups in total. The first-order chi connectivity index (χ1) is 17.4. The Morgan fingerprint density at radius 1 is 1.19 bits per heavy atom. The van der Waals surface area contributed by atoms with Crippen LogP contribution < -0.4 is 20.1 Å². The summed E-state index contributed by atoms with van der Waals surface area (Å²) in [7, 11) is 0. The third-order valence-corrected chi connectivity index (χ3v) is 6.35. The summed E-state index contributed by atoms with van der Waals surface area (Å²) in [5.74, 6) is -3.28. The van der Waals surface area contributed by atoms with Gasteiger partial charge in [0.2, 0.25) is 5.88 Å². The average molecular weight is 545 g/mol. The van der Waals surface area contributed by atoms with E-state index in [1.165, 1.54) is 4.57 Å². The number of fused-ring (bicyclic) bond motifs is 3. The lowest BCUT2D eigenvalue weighted by Crippen LogP contribution is -2.53. The van der Waals surface area contributed by atoms with Gasteiger partial charge in [-0.2, -0.15) is 18.2 Å². The van der Waals surface area contributed by atoms with Gasteiger partial charge in [-0.15, -0.1) is 0 Å². The van der Waals surface area contributed by atoms with E-state index in [1.807, 2.05) is 11.8 Å². The first-order valence-corrected chi connectivity index (χ1v) is 11.3. The van der Waals surface area contributed by atoms with E-state index in [2.05, 4.69) is 9.97 Å². The number of pyridine rings is 1. The van der Waals surface area contributed by atoms with Gasteiger partial charge in [0.1, 0.15) is 23.3 Å². The van der Waals surface area contributed by atoms with Crippen molar-refractivity contribution in [1.82, 2.24) is 14.5 Å².